The molecular formula is C11H9ClO3. The molecule has 78 valence electrons. The first-order valence-corrected chi connectivity index (χ1v) is 4.82. The highest BCUT2D eigenvalue weighted by Crippen LogP contribution is 2.34. The fraction of sp³-hybridized carbons (Fsp3) is 0.182. The van der Waals surface area contributed by atoms with Crippen LogP contribution in [0.2, 0.25) is 5.02 Å². The first-order valence-electron chi connectivity index (χ1n) is 4.44. The van der Waals surface area contributed by atoms with Gasteiger partial charge in [-0.1, -0.05) is 17.7 Å². The third-order valence-electron chi connectivity index (χ3n) is 2.16. The van der Waals surface area contributed by atoms with Gasteiger partial charge < -0.3 is 9.47 Å². The lowest BCUT2D eigenvalue weighted by Gasteiger charge is -2.16. The van der Waals surface area contributed by atoms with Crippen LogP contribution >= 0.6 is 11.6 Å². The van der Waals surface area contributed by atoms with Crippen molar-refractivity contribution in [1.82, 2.24) is 0 Å². The maximum atomic E-state index is 11.4. The molecule has 1 heterocycles. The number of benzene rings is 1. The number of esters is 1. The minimum absolute atomic E-state index is 0.404. The molecule has 0 spiro atoms. The Hall–Kier alpha value is -1.48. The molecular weight excluding hydrogens is 216 g/mol. The van der Waals surface area contributed by atoms with Crippen molar-refractivity contribution < 1.29 is 14.3 Å². The smallest absolute Gasteiger partial charge is 0.341 e. The van der Waals surface area contributed by atoms with Crippen LogP contribution in [-0.2, 0) is 4.74 Å². The van der Waals surface area contributed by atoms with Gasteiger partial charge in [-0.25, -0.2) is 4.79 Å². The minimum Gasteiger partial charge on any atom is -0.488 e. The van der Waals surface area contributed by atoms with E-state index in [1.54, 1.807) is 12.1 Å². The van der Waals surface area contributed by atoms with Crippen LogP contribution in [-0.4, -0.2) is 19.7 Å². The van der Waals surface area contributed by atoms with Gasteiger partial charge in [-0.2, -0.15) is 0 Å². The van der Waals surface area contributed by atoms with Gasteiger partial charge in [-0.3, -0.25) is 0 Å². The average molecular weight is 225 g/mol. The maximum absolute atomic E-state index is 11.4. The van der Waals surface area contributed by atoms with Crippen molar-refractivity contribution in [1.29, 1.82) is 0 Å². The first kappa shape index (κ1) is 10.1. The van der Waals surface area contributed by atoms with E-state index >= 15 is 0 Å². The van der Waals surface area contributed by atoms with E-state index in [4.69, 9.17) is 16.3 Å². The quantitative estimate of drug-likeness (QED) is 0.688. The number of hydrogen-bond donors (Lipinski definition) is 0. The summed E-state index contributed by atoms with van der Waals surface area (Å²) in [4.78, 5) is 11.4. The van der Waals surface area contributed by atoms with Crippen molar-refractivity contribution in [2.24, 2.45) is 0 Å². The van der Waals surface area contributed by atoms with Gasteiger partial charge in [0, 0.05) is 5.56 Å². The third kappa shape index (κ3) is 1.70. The summed E-state index contributed by atoms with van der Waals surface area (Å²) in [5, 5.41) is 0.564. The predicted molar refractivity (Wildman–Crippen MR) is 57.3 cm³/mol. The van der Waals surface area contributed by atoms with E-state index in [0.29, 0.717) is 22.9 Å². The van der Waals surface area contributed by atoms with Crippen molar-refractivity contribution in [2.75, 3.05) is 13.7 Å². The van der Waals surface area contributed by atoms with Gasteiger partial charge in [0.15, 0.2) is 0 Å². The molecule has 0 N–H and O–H groups in total. The highest BCUT2D eigenvalue weighted by molar-refractivity contribution is 6.32. The number of halogens is 1. The Morgan fingerprint density at radius 3 is 3.07 bits per heavy atom. The van der Waals surface area contributed by atoms with Crippen molar-refractivity contribution in [3.63, 3.8) is 0 Å². The number of carbonyl (C=O) groups is 1. The molecule has 1 aromatic rings. The molecule has 1 aliphatic heterocycles. The molecule has 0 radical (unpaired) electrons. The average Bonchev–Trinajstić information content (AvgIpc) is 2.29. The van der Waals surface area contributed by atoms with Gasteiger partial charge in [0.1, 0.15) is 17.9 Å². The molecule has 0 atom stereocenters. The monoisotopic (exact) mass is 224 g/mol. The summed E-state index contributed by atoms with van der Waals surface area (Å²) >= 11 is 5.98. The highest BCUT2D eigenvalue weighted by Gasteiger charge is 2.19. The van der Waals surface area contributed by atoms with Gasteiger partial charge in [-0.15, -0.1) is 0 Å². The van der Waals surface area contributed by atoms with Gasteiger partial charge in [0.25, 0.3) is 0 Å². The standard InChI is InChI=1S/C11H9ClO3/c1-14-11(13)8-4-5-9(12)7-3-2-6-15-10(7)8/h2-5H,6H2,1H3. The molecule has 3 nitrogen and oxygen atoms in total. The number of fused-ring (bicyclic) bond motifs is 1. The number of ether oxygens (including phenoxy) is 2. The Bertz CT molecular complexity index is 438. The second-order valence-corrected chi connectivity index (χ2v) is 3.45. The number of hydrogen-bond acceptors (Lipinski definition) is 3. The molecule has 0 unspecified atom stereocenters. The van der Waals surface area contributed by atoms with E-state index in [0.717, 1.165) is 5.56 Å². The summed E-state index contributed by atoms with van der Waals surface area (Å²) in [7, 11) is 1.34. The molecule has 1 aromatic carbocycles. The molecule has 4 heteroatoms. The predicted octanol–water partition coefficient (Wildman–Crippen LogP) is 2.53. The van der Waals surface area contributed by atoms with E-state index in [-0.39, 0.29) is 0 Å². The zero-order chi connectivity index (χ0) is 10.8. The van der Waals surface area contributed by atoms with E-state index in [2.05, 4.69) is 4.74 Å². The number of methoxy groups -OCH3 is 1. The lowest BCUT2D eigenvalue weighted by molar-refractivity contribution is 0.0596. The Kier molecular flexibility index (Phi) is 2.64. The summed E-state index contributed by atoms with van der Waals surface area (Å²) in [6, 6.07) is 3.26. The van der Waals surface area contributed by atoms with Crippen LogP contribution < -0.4 is 4.74 Å². The second kappa shape index (κ2) is 3.95. The normalized spacial score (nSPS) is 12.9. The summed E-state index contributed by atoms with van der Waals surface area (Å²) in [5.41, 5.74) is 1.13. The van der Waals surface area contributed by atoms with Crippen LogP contribution in [0.25, 0.3) is 6.08 Å². The summed E-state index contributed by atoms with van der Waals surface area (Å²) < 4.78 is 10.0. The Morgan fingerprint density at radius 2 is 2.33 bits per heavy atom. The number of carbonyl (C=O) groups excluding carboxylic acids is 1. The molecule has 0 aromatic heterocycles. The SMILES string of the molecule is COC(=O)c1ccc(Cl)c2c1OCC=C2. The lowest BCUT2D eigenvalue weighted by atomic mass is 10.1. The molecule has 0 fully saturated rings. The topological polar surface area (TPSA) is 35.5 Å². The van der Waals surface area contributed by atoms with E-state index in [1.807, 2.05) is 12.2 Å². The van der Waals surface area contributed by atoms with Gasteiger partial charge >= 0.3 is 5.97 Å². The van der Waals surface area contributed by atoms with E-state index < -0.39 is 5.97 Å². The maximum Gasteiger partial charge on any atom is 0.341 e. The third-order valence-corrected chi connectivity index (χ3v) is 2.49. The molecule has 0 amide bonds. The van der Waals surface area contributed by atoms with Gasteiger partial charge in [-0.05, 0) is 18.2 Å². The minimum atomic E-state index is -0.418. The van der Waals surface area contributed by atoms with Crippen LogP contribution in [0, 0.1) is 0 Å². The van der Waals surface area contributed by atoms with Crippen LogP contribution in [0.15, 0.2) is 18.2 Å². The van der Waals surface area contributed by atoms with Crippen LogP contribution in [0.4, 0.5) is 0 Å². The second-order valence-electron chi connectivity index (χ2n) is 3.04. The molecule has 0 bridgehead atoms. The molecule has 0 saturated carbocycles. The van der Waals surface area contributed by atoms with Crippen LogP contribution in [0.3, 0.4) is 0 Å². The summed E-state index contributed by atoms with van der Waals surface area (Å²) in [6.07, 6.45) is 3.68. The fourth-order valence-corrected chi connectivity index (χ4v) is 1.67. The van der Waals surface area contributed by atoms with Gasteiger partial charge in [0.2, 0.25) is 0 Å². The molecule has 2 rings (SSSR count). The van der Waals surface area contributed by atoms with Crippen molar-refractivity contribution >= 4 is 23.6 Å². The van der Waals surface area contributed by atoms with Crippen LogP contribution in [0.1, 0.15) is 15.9 Å². The molecule has 0 aliphatic carbocycles. The van der Waals surface area contributed by atoms with Crippen molar-refractivity contribution in [2.45, 2.75) is 0 Å². The first-order chi connectivity index (χ1) is 7.24. The Balaban J connectivity index is 2.59. The highest BCUT2D eigenvalue weighted by atomic mass is 35.5. The fourth-order valence-electron chi connectivity index (χ4n) is 1.45. The number of rotatable bonds is 1. The Labute approximate surface area is 92.3 Å². The van der Waals surface area contributed by atoms with Crippen molar-refractivity contribution in [3.05, 3.63) is 34.4 Å². The van der Waals surface area contributed by atoms with Crippen molar-refractivity contribution in [3.8, 4) is 5.75 Å². The van der Waals surface area contributed by atoms with Crippen LogP contribution in [0.5, 0.6) is 5.75 Å². The van der Waals surface area contributed by atoms with E-state index in [1.165, 1.54) is 7.11 Å². The van der Waals surface area contributed by atoms with E-state index in [9.17, 15) is 4.79 Å². The lowest BCUT2D eigenvalue weighted by Crippen LogP contribution is -2.09. The summed E-state index contributed by atoms with van der Waals surface area (Å²) in [5.74, 6) is 0.0788. The Morgan fingerprint density at radius 1 is 1.53 bits per heavy atom. The zero-order valence-electron chi connectivity index (χ0n) is 8.12. The molecule has 1 aliphatic rings. The molecule has 15 heavy (non-hydrogen) atoms. The largest absolute Gasteiger partial charge is 0.488 e. The van der Waals surface area contributed by atoms with Gasteiger partial charge in [0.05, 0.1) is 12.1 Å². The zero-order valence-corrected chi connectivity index (χ0v) is 8.88. The summed E-state index contributed by atoms with van der Waals surface area (Å²) in [6.45, 7) is 0.442. The molecule has 0 saturated heterocycles.